The van der Waals surface area contributed by atoms with Crippen molar-refractivity contribution in [1.82, 2.24) is 61.9 Å². The zero-order valence-corrected chi connectivity index (χ0v) is 62.4. The summed E-state index contributed by atoms with van der Waals surface area (Å²) in [6, 6.07) is 59.0. The number of nitrogens with two attached hydrogens (primary N) is 3. The highest BCUT2D eigenvalue weighted by atomic mass is 79.9. The van der Waals surface area contributed by atoms with Gasteiger partial charge in [-0.25, -0.2) is 28.4 Å². The third-order valence-electron chi connectivity index (χ3n) is 16.5. The molecular weight excluding hydrogens is 1500 g/mol. The predicted octanol–water partition coefficient (Wildman–Crippen LogP) is 13.4. The molecule has 1 fully saturated rings. The first kappa shape index (κ1) is 79.0. The van der Waals surface area contributed by atoms with Crippen molar-refractivity contribution in [2.24, 2.45) is 15.7 Å². The molecule has 14 rings (SSSR count). The van der Waals surface area contributed by atoms with Crippen molar-refractivity contribution in [3.05, 3.63) is 266 Å². The van der Waals surface area contributed by atoms with Crippen LogP contribution < -0.4 is 63.6 Å². The lowest BCUT2D eigenvalue weighted by Gasteiger charge is -2.27. The van der Waals surface area contributed by atoms with Gasteiger partial charge in [0.1, 0.15) is 29.7 Å². The molecule has 28 nitrogen and oxygen atoms in total. The molecule has 8 aromatic carbocycles. The molecule has 13 aromatic rings. The van der Waals surface area contributed by atoms with Crippen LogP contribution in [0, 0.1) is 24.1 Å². The number of nitriles is 1. The Hall–Kier alpha value is -12.5. The van der Waals surface area contributed by atoms with Crippen molar-refractivity contribution in [1.29, 1.82) is 5.26 Å². The maximum atomic E-state index is 13.0. The van der Waals surface area contributed by atoms with Crippen molar-refractivity contribution in [2.45, 2.75) is 65.0 Å². The van der Waals surface area contributed by atoms with Crippen LogP contribution in [0.2, 0.25) is 5.02 Å². The Balaban J connectivity index is 0.000000151. The Morgan fingerprint density at radius 3 is 2.11 bits per heavy atom. The van der Waals surface area contributed by atoms with Gasteiger partial charge in [0.25, 0.3) is 0 Å². The average molecular weight is 1580 g/mol. The fraction of sp³-hybridized carbons (Fsp3) is 0.169. The van der Waals surface area contributed by atoms with Gasteiger partial charge in [-0.05, 0) is 141 Å². The van der Waals surface area contributed by atoms with E-state index in [1.807, 2.05) is 104 Å². The number of para-hydroxylation sites is 1. The SMILES string of the molecule is COc1cc(OCc2cccc(-c3ccccc3)c2C)cc(OC)c1CNCC1CC(=O)N1.C[C@@H](N)Cc1c[nH]c2ccccc12.N#Cc1ccc(NC(=O)NCc2cnc3scc(-c4ccc(Br)cc4)n23)cc1.Nc1nonc1C(=NCc1ccccc1)NO.Nc1nonc1C(=Nc1ccc(F)c(Cl)c1)NO. The number of carbonyl (C=O) groups is 2. The van der Waals surface area contributed by atoms with Crippen LogP contribution in [0.1, 0.15) is 63.8 Å². The molecule has 0 saturated carbocycles. The van der Waals surface area contributed by atoms with Crippen molar-refractivity contribution in [3.8, 4) is 45.7 Å². The molecule has 0 aliphatic carbocycles. The standard InChI is InChI=1S/C27H30N2O4.C20H14BrN5OS.C11H14N2.C10H11N5O2.C9H7ClFN5O2/c1-18-20(10-7-11-23(18)19-8-5-4-6-9-19)17-33-22-13-25(31-2)24(26(14-22)32-3)16-28-15-21-12-27(30)29-21;21-15-5-3-14(4-6-15)18-12-28-20-24-11-17(26(18)20)10-23-19(27)25-16-7-1-13(9-22)2-8-16;1-8(12)6-9-7-13-11-5-3-2-4-10(9)11;11-9-8(14-17-15-9)10(13-16)12-6-7-4-2-1-3-5-7;10-5-3-4(1-2-6(5)11)13-9(14-17)7-8(12)16-18-15-7/h4-11,13-14,21,28H,12,15-17H2,1-3H3,(H,29,30);1-8,11-12H,10H2,(H2,23,25,27);2-5,7-8,13H,6,12H2,1H3;1-5,16H,6H2,(H2,11,15)(H,12,13);1-3,17H,(H2,12,16)(H,13,14)/t;;8-;;/m..1../s1. The number of urea groups is 1. The predicted molar refractivity (Wildman–Crippen MR) is 419 cm³/mol. The molecule has 1 aliphatic rings. The number of ether oxygens (including phenoxy) is 3. The summed E-state index contributed by atoms with van der Waals surface area (Å²) < 4.78 is 42.2. The molecule has 1 saturated heterocycles. The Bertz CT molecular complexity index is 5230. The first-order valence-corrected chi connectivity index (χ1v) is 35.6. The number of rotatable bonds is 21. The third-order valence-corrected chi connectivity index (χ3v) is 18.1. The second kappa shape index (κ2) is 39.2. The van der Waals surface area contributed by atoms with Gasteiger partial charge < -0.3 is 57.7 Å². The van der Waals surface area contributed by atoms with E-state index < -0.39 is 5.82 Å². The van der Waals surface area contributed by atoms with E-state index in [2.05, 4.69) is 164 Å². The number of amidine groups is 2. The highest BCUT2D eigenvalue weighted by Crippen LogP contribution is 2.36. The van der Waals surface area contributed by atoms with Crippen molar-refractivity contribution in [3.63, 3.8) is 0 Å². The van der Waals surface area contributed by atoms with E-state index in [0.29, 0.717) is 73.4 Å². The summed E-state index contributed by atoms with van der Waals surface area (Å²) in [4.78, 5) is 39.9. The lowest BCUT2D eigenvalue weighted by molar-refractivity contribution is -0.128. The zero-order valence-electron chi connectivity index (χ0n) is 59.2. The Morgan fingerprint density at radius 2 is 1.49 bits per heavy atom. The average Bonchev–Trinajstić information content (AvgIpc) is 1.65. The van der Waals surface area contributed by atoms with Crippen LogP contribution in [0.3, 0.4) is 0 Å². The third kappa shape index (κ3) is 21.8. The number of thiazole rings is 1. The smallest absolute Gasteiger partial charge is 0.319 e. The van der Waals surface area contributed by atoms with Gasteiger partial charge in [-0.1, -0.05) is 137 Å². The molecule has 0 spiro atoms. The summed E-state index contributed by atoms with van der Waals surface area (Å²) in [6.45, 7) is 6.59. The van der Waals surface area contributed by atoms with Crippen molar-refractivity contribution >= 4 is 101 Å². The minimum atomic E-state index is -0.572. The highest BCUT2D eigenvalue weighted by molar-refractivity contribution is 9.10. The number of β-lactam (4-membered cyclic amide) rings is 1. The molecule has 6 heterocycles. The number of hydrogen-bond donors (Lipinski definition) is 12. The van der Waals surface area contributed by atoms with Crippen LogP contribution in [0.5, 0.6) is 17.2 Å². The van der Waals surface area contributed by atoms with Crippen LogP contribution in [-0.2, 0) is 37.5 Å². The molecule has 3 amide bonds. The van der Waals surface area contributed by atoms with Gasteiger partial charge >= 0.3 is 6.03 Å². The number of benzene rings is 8. The summed E-state index contributed by atoms with van der Waals surface area (Å²) in [5.74, 6) is 1.64. The Kier molecular flexibility index (Phi) is 28.4. The fourth-order valence-electron chi connectivity index (χ4n) is 11.0. The monoisotopic (exact) mass is 1580 g/mol. The van der Waals surface area contributed by atoms with Gasteiger partial charge in [0.2, 0.25) is 5.91 Å². The number of anilines is 3. The van der Waals surface area contributed by atoms with Crippen LogP contribution in [0.25, 0.3) is 38.2 Å². The number of hydroxylamine groups is 2. The minimum absolute atomic E-state index is 0.0259. The molecule has 1 aliphatic heterocycles. The van der Waals surface area contributed by atoms with E-state index in [1.165, 1.54) is 45.3 Å². The number of aromatic amines is 1. The lowest BCUT2D eigenvalue weighted by atomic mass is 9.97. The number of nitrogens with zero attached hydrogens (tertiary/aromatic N) is 9. The topological polar surface area (TPSA) is 412 Å². The zero-order chi connectivity index (χ0) is 77.2. The number of imidazole rings is 1. The van der Waals surface area contributed by atoms with Crippen molar-refractivity contribution in [2.75, 3.05) is 37.5 Å². The first-order valence-electron chi connectivity index (χ1n) is 33.6. The Morgan fingerprint density at radius 1 is 0.826 bits per heavy atom. The van der Waals surface area contributed by atoms with Gasteiger partial charge in [-0.3, -0.25) is 35.6 Å². The van der Waals surface area contributed by atoms with E-state index in [-0.39, 0.29) is 63.7 Å². The summed E-state index contributed by atoms with van der Waals surface area (Å²) in [7, 11) is 3.28. The fourth-order valence-corrected chi connectivity index (χ4v) is 12.3. The molecule has 0 radical (unpaired) electrons. The second-order valence-corrected chi connectivity index (χ2v) is 26.3. The van der Waals surface area contributed by atoms with Gasteiger partial charge in [0.05, 0.1) is 78.8 Å². The van der Waals surface area contributed by atoms with Crippen LogP contribution in [0.4, 0.5) is 32.2 Å². The molecule has 32 heteroatoms. The van der Waals surface area contributed by atoms with E-state index in [9.17, 15) is 14.0 Å². The number of halogens is 3. The largest absolute Gasteiger partial charge is 0.496 e. The molecular formula is C77H76BrClFN19O9S. The number of hydrogen-bond acceptors (Lipinski definition) is 22. The van der Waals surface area contributed by atoms with Gasteiger partial charge in [0.15, 0.2) is 39.7 Å². The molecule has 560 valence electrons. The van der Waals surface area contributed by atoms with Gasteiger partial charge in [-0.15, -0.1) is 11.3 Å². The quantitative estimate of drug-likeness (QED) is 0.0138. The molecule has 0 bridgehead atoms. The summed E-state index contributed by atoms with van der Waals surface area (Å²) in [5, 5.41) is 55.6. The van der Waals surface area contributed by atoms with Crippen LogP contribution >= 0.6 is 38.9 Å². The van der Waals surface area contributed by atoms with Gasteiger partial charge in [-0.2, -0.15) is 5.26 Å². The first-order chi connectivity index (χ1) is 52.9. The van der Waals surface area contributed by atoms with E-state index in [4.69, 9.17) is 58.7 Å². The van der Waals surface area contributed by atoms with Crippen LogP contribution in [0.15, 0.2) is 223 Å². The molecule has 15 N–H and O–H groups in total. The number of amides is 3. The number of fused-ring (bicyclic) bond motifs is 2. The number of aromatic nitrogens is 7. The number of carbonyl (C=O) groups excluding carboxylic acids is 2. The maximum Gasteiger partial charge on any atom is 0.319 e. The number of nitrogen functional groups attached to an aromatic ring is 2. The summed E-state index contributed by atoms with van der Waals surface area (Å²) in [5.41, 5.74) is 34.2. The molecule has 5 aromatic heterocycles. The highest BCUT2D eigenvalue weighted by Gasteiger charge is 2.25. The number of H-pyrrole nitrogens is 1. The number of nitrogens with one attached hydrogen (secondary N) is 7. The normalized spacial score (nSPS) is 12.5. The summed E-state index contributed by atoms with van der Waals surface area (Å²) in [6.07, 6.45) is 5.33. The number of aliphatic imine (C=N–C) groups is 2. The minimum Gasteiger partial charge on any atom is -0.496 e. The van der Waals surface area contributed by atoms with E-state index >= 15 is 0 Å². The second-order valence-electron chi connectivity index (χ2n) is 24.1. The summed E-state index contributed by atoms with van der Waals surface area (Å²) >= 11 is 10.6. The van der Waals surface area contributed by atoms with E-state index in [1.54, 1.807) is 61.5 Å². The van der Waals surface area contributed by atoms with Gasteiger partial charge in [0, 0.05) is 70.3 Å². The van der Waals surface area contributed by atoms with Crippen LogP contribution in [-0.4, -0.2) is 102 Å². The van der Waals surface area contributed by atoms with Crippen molar-refractivity contribution < 1.29 is 47.9 Å². The Labute approximate surface area is 642 Å². The molecule has 1 unspecified atom stereocenters. The number of methoxy groups -OCH3 is 2. The lowest BCUT2D eigenvalue weighted by Crippen LogP contribution is -2.53. The maximum absolute atomic E-state index is 13.0. The van der Waals surface area contributed by atoms with E-state index in [0.717, 1.165) is 55.6 Å². The molecule has 2 atom stereocenters. The molecule has 109 heavy (non-hydrogen) atoms.